The lowest BCUT2D eigenvalue weighted by Gasteiger charge is -2.11. The summed E-state index contributed by atoms with van der Waals surface area (Å²) in [5.41, 5.74) is 2.51. The number of aromatic nitrogens is 2. The van der Waals surface area contributed by atoms with Crippen molar-refractivity contribution in [2.45, 2.75) is 46.7 Å². The molecule has 2 aromatic rings. The number of benzene rings is 1. The largest absolute Gasteiger partial charge is 0.357 e. The van der Waals surface area contributed by atoms with Crippen molar-refractivity contribution in [3.05, 3.63) is 53.6 Å². The molecule has 0 unspecified atom stereocenters. The first-order valence-corrected chi connectivity index (χ1v) is 8.74. The summed E-state index contributed by atoms with van der Waals surface area (Å²) in [6.07, 6.45) is 6.12. The van der Waals surface area contributed by atoms with E-state index in [9.17, 15) is 0 Å². The molecular formula is C19H30IN5. The van der Waals surface area contributed by atoms with Gasteiger partial charge in [-0.15, -0.1) is 24.0 Å². The lowest BCUT2D eigenvalue weighted by atomic mass is 10.1. The maximum atomic E-state index is 4.67. The van der Waals surface area contributed by atoms with Crippen molar-refractivity contribution in [1.82, 2.24) is 20.2 Å². The number of unbranched alkanes of at least 4 members (excludes halogenated alkanes) is 1. The van der Waals surface area contributed by atoms with Crippen LogP contribution in [0.5, 0.6) is 0 Å². The van der Waals surface area contributed by atoms with Gasteiger partial charge in [-0.3, -0.25) is 0 Å². The van der Waals surface area contributed by atoms with Crippen molar-refractivity contribution >= 4 is 29.9 Å². The van der Waals surface area contributed by atoms with Crippen molar-refractivity contribution in [2.24, 2.45) is 4.99 Å². The third-order valence-corrected chi connectivity index (χ3v) is 3.89. The summed E-state index contributed by atoms with van der Waals surface area (Å²) < 4.78 is 2.19. The van der Waals surface area contributed by atoms with Gasteiger partial charge in [0.2, 0.25) is 0 Å². The molecule has 2 N–H and O–H groups in total. The molecule has 5 nitrogen and oxygen atoms in total. The topological polar surface area (TPSA) is 54.2 Å². The van der Waals surface area contributed by atoms with E-state index in [0.29, 0.717) is 6.54 Å². The van der Waals surface area contributed by atoms with Crippen LogP contribution >= 0.6 is 24.0 Å². The molecule has 0 saturated carbocycles. The van der Waals surface area contributed by atoms with Crippen LogP contribution in [0.1, 0.15) is 36.7 Å². The Morgan fingerprint density at radius 1 is 1.20 bits per heavy atom. The number of guanidine groups is 1. The van der Waals surface area contributed by atoms with E-state index >= 15 is 0 Å². The van der Waals surface area contributed by atoms with Crippen molar-refractivity contribution < 1.29 is 0 Å². The smallest absolute Gasteiger partial charge is 0.191 e. The lowest BCUT2D eigenvalue weighted by molar-refractivity contribution is 0.588. The lowest BCUT2D eigenvalue weighted by Crippen LogP contribution is -2.37. The molecule has 0 radical (unpaired) electrons. The highest BCUT2D eigenvalue weighted by atomic mass is 127. The molecule has 138 valence electrons. The number of aryl methyl sites for hydroxylation is 3. The van der Waals surface area contributed by atoms with Crippen molar-refractivity contribution in [3.8, 4) is 0 Å². The Balaban J connectivity index is 0.00000312. The Labute approximate surface area is 168 Å². The van der Waals surface area contributed by atoms with Crippen LogP contribution in [-0.2, 0) is 13.1 Å². The fraction of sp³-hybridized carbons (Fsp3) is 0.474. The molecular weight excluding hydrogens is 425 g/mol. The molecule has 25 heavy (non-hydrogen) atoms. The zero-order chi connectivity index (χ0) is 17.2. The van der Waals surface area contributed by atoms with Gasteiger partial charge in [-0.05, 0) is 39.2 Å². The van der Waals surface area contributed by atoms with Gasteiger partial charge >= 0.3 is 0 Å². The third kappa shape index (κ3) is 7.90. The van der Waals surface area contributed by atoms with E-state index in [2.05, 4.69) is 63.3 Å². The van der Waals surface area contributed by atoms with Gasteiger partial charge in [-0.2, -0.15) is 0 Å². The molecule has 0 aliphatic carbocycles. The molecule has 1 aromatic heterocycles. The van der Waals surface area contributed by atoms with Crippen LogP contribution in [0, 0.1) is 13.8 Å². The normalized spacial score (nSPS) is 11.1. The molecule has 0 saturated heterocycles. The van der Waals surface area contributed by atoms with E-state index in [-0.39, 0.29) is 24.0 Å². The number of halogens is 1. The fourth-order valence-electron chi connectivity index (χ4n) is 2.58. The first-order chi connectivity index (χ1) is 11.7. The average Bonchev–Trinajstić information content (AvgIpc) is 2.97. The minimum Gasteiger partial charge on any atom is -0.357 e. The predicted molar refractivity (Wildman–Crippen MR) is 116 cm³/mol. The predicted octanol–water partition coefficient (Wildman–Crippen LogP) is 3.65. The molecule has 0 fully saturated rings. The number of imidazole rings is 1. The van der Waals surface area contributed by atoms with Crippen molar-refractivity contribution in [1.29, 1.82) is 0 Å². The van der Waals surface area contributed by atoms with E-state index in [0.717, 1.165) is 44.3 Å². The van der Waals surface area contributed by atoms with Crippen LogP contribution in [0.25, 0.3) is 0 Å². The molecule has 2 rings (SSSR count). The second-order valence-electron chi connectivity index (χ2n) is 5.99. The Morgan fingerprint density at radius 3 is 2.72 bits per heavy atom. The molecule has 1 heterocycles. The average molecular weight is 455 g/mol. The van der Waals surface area contributed by atoms with Gasteiger partial charge in [0.05, 0.1) is 6.54 Å². The van der Waals surface area contributed by atoms with Crippen LogP contribution in [0.2, 0.25) is 0 Å². The first kappa shape index (κ1) is 21.5. The van der Waals surface area contributed by atoms with Gasteiger partial charge in [0.1, 0.15) is 5.82 Å². The van der Waals surface area contributed by atoms with Gasteiger partial charge < -0.3 is 15.2 Å². The molecule has 0 aliphatic rings. The second kappa shape index (κ2) is 11.9. The summed E-state index contributed by atoms with van der Waals surface area (Å²) in [4.78, 5) is 8.91. The first-order valence-electron chi connectivity index (χ1n) is 8.74. The van der Waals surface area contributed by atoms with Crippen LogP contribution in [0.4, 0.5) is 0 Å². The summed E-state index contributed by atoms with van der Waals surface area (Å²) in [5, 5.41) is 6.72. The second-order valence-corrected chi connectivity index (χ2v) is 5.99. The minimum absolute atomic E-state index is 0. The number of hydrogen-bond donors (Lipinski definition) is 2. The van der Waals surface area contributed by atoms with Gasteiger partial charge in [0.15, 0.2) is 5.96 Å². The van der Waals surface area contributed by atoms with Gasteiger partial charge in [0, 0.05) is 32.0 Å². The highest BCUT2D eigenvalue weighted by Gasteiger charge is 1.99. The molecule has 0 amide bonds. The van der Waals surface area contributed by atoms with Crippen molar-refractivity contribution in [3.63, 3.8) is 0 Å². The fourth-order valence-corrected chi connectivity index (χ4v) is 2.58. The quantitative estimate of drug-likeness (QED) is 0.277. The zero-order valence-corrected chi connectivity index (χ0v) is 17.8. The maximum Gasteiger partial charge on any atom is 0.191 e. The Bertz CT molecular complexity index is 651. The summed E-state index contributed by atoms with van der Waals surface area (Å²) >= 11 is 0. The van der Waals surface area contributed by atoms with E-state index in [4.69, 9.17) is 0 Å². The standard InChI is InChI=1S/C19H29N5.HI/c1-4-20-19(23-15-18-9-7-8-16(2)14-18)22-10-5-6-12-24-13-11-21-17(24)3;/h7-9,11,13-14H,4-6,10,12,15H2,1-3H3,(H2,20,22,23);1H. The van der Waals surface area contributed by atoms with E-state index in [1.54, 1.807) is 0 Å². The van der Waals surface area contributed by atoms with Crippen LogP contribution in [0.15, 0.2) is 41.7 Å². The van der Waals surface area contributed by atoms with Gasteiger partial charge in [-0.1, -0.05) is 29.8 Å². The number of nitrogens with one attached hydrogen (secondary N) is 2. The molecule has 1 aromatic carbocycles. The number of rotatable bonds is 8. The SMILES string of the molecule is CCNC(=NCc1cccc(C)c1)NCCCCn1ccnc1C.I. The van der Waals surface area contributed by atoms with E-state index < -0.39 is 0 Å². The van der Waals surface area contributed by atoms with Gasteiger partial charge in [0.25, 0.3) is 0 Å². The molecule has 0 bridgehead atoms. The Hall–Kier alpha value is -1.57. The zero-order valence-electron chi connectivity index (χ0n) is 15.5. The number of nitrogens with zero attached hydrogens (tertiary/aromatic N) is 3. The van der Waals surface area contributed by atoms with Crippen LogP contribution in [-0.4, -0.2) is 28.6 Å². The number of hydrogen-bond acceptors (Lipinski definition) is 2. The Kier molecular flexibility index (Phi) is 10.2. The minimum atomic E-state index is 0. The molecule has 0 atom stereocenters. The van der Waals surface area contributed by atoms with E-state index in [1.165, 1.54) is 11.1 Å². The summed E-state index contributed by atoms with van der Waals surface area (Å²) in [6.45, 7) is 9.75. The highest BCUT2D eigenvalue weighted by molar-refractivity contribution is 14.0. The maximum absolute atomic E-state index is 4.67. The van der Waals surface area contributed by atoms with Crippen molar-refractivity contribution in [2.75, 3.05) is 13.1 Å². The monoisotopic (exact) mass is 455 g/mol. The number of aliphatic imine (C=N–C) groups is 1. The van der Waals surface area contributed by atoms with Crippen LogP contribution in [0.3, 0.4) is 0 Å². The summed E-state index contributed by atoms with van der Waals surface area (Å²) in [5.74, 6) is 1.97. The molecule has 0 aliphatic heterocycles. The van der Waals surface area contributed by atoms with Gasteiger partial charge in [-0.25, -0.2) is 9.98 Å². The van der Waals surface area contributed by atoms with E-state index in [1.807, 2.05) is 19.3 Å². The molecule has 6 heteroatoms. The summed E-state index contributed by atoms with van der Waals surface area (Å²) in [6, 6.07) is 8.49. The summed E-state index contributed by atoms with van der Waals surface area (Å²) in [7, 11) is 0. The third-order valence-electron chi connectivity index (χ3n) is 3.89. The highest BCUT2D eigenvalue weighted by Crippen LogP contribution is 2.05. The molecule has 0 spiro atoms. The van der Waals surface area contributed by atoms with Crippen LogP contribution < -0.4 is 10.6 Å². The Morgan fingerprint density at radius 2 is 2.04 bits per heavy atom.